The molecule has 0 amide bonds. The number of ether oxygens (including phenoxy) is 1. The summed E-state index contributed by atoms with van der Waals surface area (Å²) in [4.78, 5) is 11.3. The number of hydrogen-bond donors (Lipinski definition) is 0. The molecule has 0 fully saturated rings. The highest BCUT2D eigenvalue weighted by atomic mass is 16.5. The van der Waals surface area contributed by atoms with E-state index in [0.717, 1.165) is 39.4 Å². The number of para-hydroxylation sites is 2. The summed E-state index contributed by atoms with van der Waals surface area (Å²) in [5.74, 6) is 0.584. The second-order valence-corrected chi connectivity index (χ2v) is 5.32. The van der Waals surface area contributed by atoms with E-state index in [1.54, 1.807) is 13.2 Å². The van der Waals surface area contributed by atoms with E-state index in [0.29, 0.717) is 11.3 Å². The van der Waals surface area contributed by atoms with E-state index < -0.39 is 0 Å². The van der Waals surface area contributed by atoms with Gasteiger partial charge in [0.2, 0.25) is 0 Å². The molecule has 0 N–H and O–H groups in total. The third-order valence-corrected chi connectivity index (χ3v) is 4.07. The first kappa shape index (κ1) is 13.6. The van der Waals surface area contributed by atoms with Gasteiger partial charge in [-0.2, -0.15) is 0 Å². The Morgan fingerprint density at radius 3 is 2.43 bits per heavy atom. The van der Waals surface area contributed by atoms with Crippen LogP contribution in [0, 0.1) is 0 Å². The number of methoxy groups -OCH3 is 1. The highest BCUT2D eigenvalue weighted by Crippen LogP contribution is 2.40. The minimum atomic E-state index is 0.537. The Morgan fingerprint density at radius 1 is 0.870 bits per heavy atom. The topological polar surface area (TPSA) is 39.4 Å². The number of aldehydes is 1. The average Bonchev–Trinajstić information content (AvgIpc) is 2.99. The fourth-order valence-electron chi connectivity index (χ4n) is 3.09. The van der Waals surface area contributed by atoms with Crippen LogP contribution in [-0.2, 0) is 0 Å². The van der Waals surface area contributed by atoms with Crippen molar-refractivity contribution in [3.05, 3.63) is 66.2 Å². The van der Waals surface area contributed by atoms with Crippen molar-refractivity contribution in [1.29, 1.82) is 0 Å². The highest BCUT2D eigenvalue weighted by molar-refractivity contribution is 6.13. The predicted molar refractivity (Wildman–Crippen MR) is 91.1 cm³/mol. The number of hydrogen-bond acceptors (Lipinski definition) is 3. The summed E-state index contributed by atoms with van der Waals surface area (Å²) < 4.78 is 11.4. The lowest BCUT2D eigenvalue weighted by Gasteiger charge is -2.11. The fourth-order valence-corrected chi connectivity index (χ4v) is 3.09. The van der Waals surface area contributed by atoms with Gasteiger partial charge in [0, 0.05) is 16.3 Å². The number of benzene rings is 3. The Morgan fingerprint density at radius 2 is 1.61 bits per heavy atom. The summed E-state index contributed by atoms with van der Waals surface area (Å²) in [7, 11) is 1.58. The number of carbonyl (C=O) groups is 1. The van der Waals surface area contributed by atoms with Crippen molar-refractivity contribution in [3.8, 4) is 16.9 Å². The van der Waals surface area contributed by atoms with Gasteiger partial charge in [-0.25, -0.2) is 0 Å². The van der Waals surface area contributed by atoms with Crippen LogP contribution >= 0.6 is 0 Å². The van der Waals surface area contributed by atoms with Crippen molar-refractivity contribution < 1.29 is 13.9 Å². The normalized spacial score (nSPS) is 11.0. The molecule has 0 radical (unpaired) electrons. The Labute approximate surface area is 133 Å². The van der Waals surface area contributed by atoms with Gasteiger partial charge in [0.25, 0.3) is 0 Å². The summed E-state index contributed by atoms with van der Waals surface area (Å²) in [5.41, 5.74) is 4.08. The van der Waals surface area contributed by atoms with Gasteiger partial charge >= 0.3 is 0 Å². The number of fused-ring (bicyclic) bond motifs is 3. The van der Waals surface area contributed by atoms with Crippen LogP contribution in [0.2, 0.25) is 0 Å². The smallest absolute Gasteiger partial charge is 0.153 e. The van der Waals surface area contributed by atoms with Crippen molar-refractivity contribution >= 4 is 28.2 Å². The summed E-state index contributed by atoms with van der Waals surface area (Å²) in [5, 5.41) is 2.08. The van der Waals surface area contributed by atoms with E-state index in [-0.39, 0.29) is 0 Å². The van der Waals surface area contributed by atoms with Crippen molar-refractivity contribution in [3.63, 3.8) is 0 Å². The molecule has 0 saturated carbocycles. The maximum atomic E-state index is 11.3. The third-order valence-electron chi connectivity index (χ3n) is 4.07. The van der Waals surface area contributed by atoms with Crippen LogP contribution < -0.4 is 4.74 Å². The summed E-state index contributed by atoms with van der Waals surface area (Å²) in [6.45, 7) is 0. The molecule has 0 aliphatic rings. The summed E-state index contributed by atoms with van der Waals surface area (Å²) in [6.07, 6.45) is 0.815. The molecule has 1 aromatic heterocycles. The molecular formula is C20H14O3. The van der Waals surface area contributed by atoms with Crippen LogP contribution in [0.1, 0.15) is 10.4 Å². The lowest BCUT2D eigenvalue weighted by atomic mass is 9.97. The first-order valence-electron chi connectivity index (χ1n) is 7.36. The van der Waals surface area contributed by atoms with Crippen LogP contribution in [0.25, 0.3) is 33.1 Å². The van der Waals surface area contributed by atoms with Crippen molar-refractivity contribution in [2.24, 2.45) is 0 Å². The zero-order valence-electron chi connectivity index (χ0n) is 12.6. The molecule has 3 aromatic carbocycles. The second-order valence-electron chi connectivity index (χ2n) is 5.32. The standard InChI is InChI=1S/C20H14O3/c1-22-20-13(12-21)6-4-9-15(20)14-8-5-11-18-19(14)16-7-2-3-10-17(16)23-18/h2-12H,1H3. The highest BCUT2D eigenvalue weighted by Gasteiger charge is 2.16. The molecule has 4 aromatic rings. The van der Waals surface area contributed by atoms with E-state index in [1.807, 2.05) is 54.6 Å². The Hall–Kier alpha value is -3.07. The minimum Gasteiger partial charge on any atom is -0.495 e. The van der Waals surface area contributed by atoms with Gasteiger partial charge in [-0.05, 0) is 23.8 Å². The Kier molecular flexibility index (Phi) is 3.12. The zero-order valence-corrected chi connectivity index (χ0v) is 12.6. The van der Waals surface area contributed by atoms with E-state index in [2.05, 4.69) is 0 Å². The van der Waals surface area contributed by atoms with Gasteiger partial charge in [0.1, 0.15) is 16.9 Å². The maximum Gasteiger partial charge on any atom is 0.153 e. The lowest BCUT2D eigenvalue weighted by Crippen LogP contribution is -1.93. The molecule has 4 rings (SSSR count). The first-order valence-corrected chi connectivity index (χ1v) is 7.36. The van der Waals surface area contributed by atoms with Gasteiger partial charge in [-0.15, -0.1) is 0 Å². The summed E-state index contributed by atoms with van der Waals surface area (Å²) >= 11 is 0. The molecule has 3 heteroatoms. The third kappa shape index (κ3) is 2.01. The molecular weight excluding hydrogens is 288 g/mol. The molecule has 112 valence electrons. The predicted octanol–water partition coefficient (Wildman–Crippen LogP) is 5.07. The first-order chi connectivity index (χ1) is 11.3. The SMILES string of the molecule is COc1c(C=O)cccc1-c1cccc2oc3ccccc3c12. The largest absolute Gasteiger partial charge is 0.495 e. The number of furan rings is 1. The van der Waals surface area contributed by atoms with Crippen molar-refractivity contribution in [2.45, 2.75) is 0 Å². The second kappa shape index (κ2) is 5.29. The molecule has 0 aliphatic heterocycles. The van der Waals surface area contributed by atoms with E-state index in [9.17, 15) is 4.79 Å². The maximum absolute atomic E-state index is 11.3. The molecule has 0 spiro atoms. The molecule has 0 unspecified atom stereocenters. The molecule has 0 atom stereocenters. The zero-order chi connectivity index (χ0) is 15.8. The van der Waals surface area contributed by atoms with Crippen molar-refractivity contribution in [2.75, 3.05) is 7.11 Å². The van der Waals surface area contributed by atoms with E-state index >= 15 is 0 Å². The van der Waals surface area contributed by atoms with Crippen LogP contribution in [0.4, 0.5) is 0 Å². The molecule has 1 heterocycles. The number of carbonyl (C=O) groups excluding carboxylic acids is 1. The molecule has 23 heavy (non-hydrogen) atoms. The van der Waals surface area contributed by atoms with Gasteiger partial charge in [-0.1, -0.05) is 42.5 Å². The van der Waals surface area contributed by atoms with Crippen LogP contribution in [-0.4, -0.2) is 13.4 Å². The quantitative estimate of drug-likeness (QED) is 0.496. The van der Waals surface area contributed by atoms with Gasteiger partial charge in [0.05, 0.1) is 12.7 Å². The minimum absolute atomic E-state index is 0.537. The fraction of sp³-hybridized carbons (Fsp3) is 0.0500. The monoisotopic (exact) mass is 302 g/mol. The van der Waals surface area contributed by atoms with Gasteiger partial charge < -0.3 is 9.15 Å². The molecule has 0 saturated heterocycles. The lowest BCUT2D eigenvalue weighted by molar-refractivity contribution is 0.112. The Balaban J connectivity index is 2.13. The van der Waals surface area contributed by atoms with Crippen LogP contribution in [0.5, 0.6) is 5.75 Å². The molecule has 0 bridgehead atoms. The van der Waals surface area contributed by atoms with Crippen LogP contribution in [0.15, 0.2) is 65.1 Å². The van der Waals surface area contributed by atoms with E-state index in [4.69, 9.17) is 9.15 Å². The molecule has 0 aliphatic carbocycles. The van der Waals surface area contributed by atoms with Crippen molar-refractivity contribution in [1.82, 2.24) is 0 Å². The van der Waals surface area contributed by atoms with Crippen LogP contribution in [0.3, 0.4) is 0 Å². The molecule has 3 nitrogen and oxygen atoms in total. The summed E-state index contributed by atoms with van der Waals surface area (Å²) in [6, 6.07) is 19.5. The average molecular weight is 302 g/mol. The van der Waals surface area contributed by atoms with Gasteiger partial charge in [0.15, 0.2) is 6.29 Å². The van der Waals surface area contributed by atoms with E-state index in [1.165, 1.54) is 0 Å². The number of rotatable bonds is 3. The van der Waals surface area contributed by atoms with Gasteiger partial charge in [-0.3, -0.25) is 4.79 Å². The Bertz CT molecular complexity index is 1030.